The number of nitrogens with zero attached hydrogens (tertiary/aromatic N) is 1. The molecule has 1 aromatic rings. The van der Waals surface area contributed by atoms with Crippen LogP contribution in [-0.2, 0) is 0 Å². The second-order valence-electron chi connectivity index (χ2n) is 7.58. The second kappa shape index (κ2) is 4.63. The summed E-state index contributed by atoms with van der Waals surface area (Å²) >= 11 is 0. The van der Waals surface area contributed by atoms with Crippen LogP contribution >= 0.6 is 0 Å². The zero-order chi connectivity index (χ0) is 13.6. The maximum absolute atomic E-state index is 2.72. The SMILES string of the molecule is C[C@H]1C[C@@H](c2ccccc2C2CC2)N(C(C)(C)C)C1. The Hall–Kier alpha value is -0.820. The standard InChI is InChI=1S/C18H27N/c1-13-11-17(19(12-13)18(2,3)4)16-8-6-5-7-15(16)14-9-10-14/h5-8,13-14,17H,9-12H2,1-4H3/t13-,17-/m0/s1. The lowest BCUT2D eigenvalue weighted by atomic mass is 9.92. The van der Waals surface area contributed by atoms with E-state index in [1.165, 1.54) is 25.8 Å². The van der Waals surface area contributed by atoms with Crippen molar-refractivity contribution in [2.45, 2.75) is 64.5 Å². The van der Waals surface area contributed by atoms with Crippen LogP contribution in [0, 0.1) is 5.92 Å². The molecule has 2 fully saturated rings. The molecular weight excluding hydrogens is 230 g/mol. The highest BCUT2D eigenvalue weighted by molar-refractivity contribution is 5.36. The van der Waals surface area contributed by atoms with Crippen molar-refractivity contribution in [1.82, 2.24) is 4.90 Å². The highest BCUT2D eigenvalue weighted by Crippen LogP contribution is 2.47. The number of hydrogen-bond donors (Lipinski definition) is 0. The van der Waals surface area contributed by atoms with Crippen molar-refractivity contribution in [2.24, 2.45) is 5.92 Å². The molecular formula is C18H27N. The van der Waals surface area contributed by atoms with E-state index >= 15 is 0 Å². The van der Waals surface area contributed by atoms with E-state index in [-0.39, 0.29) is 5.54 Å². The van der Waals surface area contributed by atoms with Crippen molar-refractivity contribution in [1.29, 1.82) is 0 Å². The molecule has 0 N–H and O–H groups in total. The molecule has 1 nitrogen and oxygen atoms in total. The van der Waals surface area contributed by atoms with Crippen molar-refractivity contribution in [3.8, 4) is 0 Å². The summed E-state index contributed by atoms with van der Waals surface area (Å²) in [7, 11) is 0. The molecule has 1 aromatic carbocycles. The molecule has 19 heavy (non-hydrogen) atoms. The van der Waals surface area contributed by atoms with Crippen molar-refractivity contribution in [3.05, 3.63) is 35.4 Å². The van der Waals surface area contributed by atoms with E-state index in [1.54, 1.807) is 11.1 Å². The minimum Gasteiger partial charge on any atom is -0.291 e. The quantitative estimate of drug-likeness (QED) is 0.739. The molecule has 1 aliphatic carbocycles. The lowest BCUT2D eigenvalue weighted by Crippen LogP contribution is -2.41. The van der Waals surface area contributed by atoms with Gasteiger partial charge in [0.2, 0.25) is 0 Å². The molecule has 3 rings (SSSR count). The summed E-state index contributed by atoms with van der Waals surface area (Å²) in [5, 5.41) is 0. The van der Waals surface area contributed by atoms with Gasteiger partial charge in [0.15, 0.2) is 0 Å². The van der Waals surface area contributed by atoms with Crippen molar-refractivity contribution in [2.75, 3.05) is 6.54 Å². The van der Waals surface area contributed by atoms with Crippen LogP contribution in [-0.4, -0.2) is 17.0 Å². The summed E-state index contributed by atoms with van der Waals surface area (Å²) in [6.45, 7) is 10.7. The molecule has 104 valence electrons. The molecule has 2 aliphatic rings. The Morgan fingerprint density at radius 3 is 2.26 bits per heavy atom. The van der Waals surface area contributed by atoms with Gasteiger partial charge in [-0.1, -0.05) is 31.2 Å². The molecule has 0 amide bonds. The van der Waals surface area contributed by atoms with Gasteiger partial charge in [-0.3, -0.25) is 4.90 Å². The minimum atomic E-state index is 0.270. The van der Waals surface area contributed by atoms with Crippen molar-refractivity contribution in [3.63, 3.8) is 0 Å². The molecule has 2 atom stereocenters. The average Bonchev–Trinajstić information content (AvgIpc) is 3.11. The van der Waals surface area contributed by atoms with Crippen LogP contribution in [0.1, 0.15) is 70.0 Å². The molecule has 0 spiro atoms. The van der Waals surface area contributed by atoms with E-state index in [9.17, 15) is 0 Å². The summed E-state index contributed by atoms with van der Waals surface area (Å²) in [5.41, 5.74) is 3.52. The monoisotopic (exact) mass is 257 g/mol. The molecule has 1 aliphatic heterocycles. The maximum atomic E-state index is 2.72. The van der Waals surface area contributed by atoms with E-state index in [4.69, 9.17) is 0 Å². The summed E-state index contributed by atoms with van der Waals surface area (Å²) in [5.74, 6) is 1.67. The van der Waals surface area contributed by atoms with Gasteiger partial charge >= 0.3 is 0 Å². The molecule has 0 bridgehead atoms. The Labute approximate surface area is 118 Å². The topological polar surface area (TPSA) is 3.24 Å². The smallest absolute Gasteiger partial charge is 0.0359 e. The van der Waals surface area contributed by atoms with E-state index in [0.29, 0.717) is 6.04 Å². The molecule has 0 unspecified atom stereocenters. The Morgan fingerprint density at radius 2 is 1.68 bits per heavy atom. The van der Waals surface area contributed by atoms with E-state index in [0.717, 1.165) is 11.8 Å². The highest BCUT2D eigenvalue weighted by atomic mass is 15.2. The number of rotatable bonds is 2. The van der Waals surface area contributed by atoms with Crippen LogP contribution in [0.25, 0.3) is 0 Å². The lowest BCUT2D eigenvalue weighted by Gasteiger charge is -2.38. The van der Waals surface area contributed by atoms with E-state index < -0.39 is 0 Å². The van der Waals surface area contributed by atoms with Crippen LogP contribution < -0.4 is 0 Å². The van der Waals surface area contributed by atoms with Gasteiger partial charge in [-0.05, 0) is 63.0 Å². The fourth-order valence-corrected chi connectivity index (χ4v) is 3.66. The highest BCUT2D eigenvalue weighted by Gasteiger charge is 2.39. The van der Waals surface area contributed by atoms with Gasteiger partial charge in [0.25, 0.3) is 0 Å². The fourth-order valence-electron chi connectivity index (χ4n) is 3.66. The summed E-state index contributed by atoms with van der Waals surface area (Å²) < 4.78 is 0. The minimum absolute atomic E-state index is 0.270. The van der Waals surface area contributed by atoms with Gasteiger partial charge < -0.3 is 0 Å². The van der Waals surface area contributed by atoms with Gasteiger partial charge in [-0.2, -0.15) is 0 Å². The third kappa shape index (κ3) is 2.58. The zero-order valence-corrected chi connectivity index (χ0v) is 12.8. The predicted octanol–water partition coefficient (Wildman–Crippen LogP) is 4.75. The Bertz CT molecular complexity index is 453. The normalized spacial score (nSPS) is 28.8. The van der Waals surface area contributed by atoms with Crippen LogP contribution in [0.4, 0.5) is 0 Å². The lowest BCUT2D eigenvalue weighted by molar-refractivity contribution is 0.119. The zero-order valence-electron chi connectivity index (χ0n) is 12.8. The largest absolute Gasteiger partial charge is 0.291 e. The first-order valence-corrected chi connectivity index (χ1v) is 7.82. The van der Waals surface area contributed by atoms with Gasteiger partial charge in [0.1, 0.15) is 0 Å². The van der Waals surface area contributed by atoms with Gasteiger partial charge in [-0.15, -0.1) is 0 Å². The first kappa shape index (κ1) is 13.2. The van der Waals surface area contributed by atoms with Crippen molar-refractivity contribution >= 4 is 0 Å². The molecule has 1 saturated heterocycles. The first-order valence-electron chi connectivity index (χ1n) is 7.82. The predicted molar refractivity (Wildman–Crippen MR) is 81.4 cm³/mol. The third-order valence-electron chi connectivity index (χ3n) is 4.74. The first-order chi connectivity index (χ1) is 8.97. The van der Waals surface area contributed by atoms with Gasteiger partial charge in [-0.25, -0.2) is 0 Å². The van der Waals surface area contributed by atoms with E-state index in [1.807, 2.05) is 0 Å². The molecule has 1 heterocycles. The average molecular weight is 257 g/mol. The molecule has 1 heteroatoms. The summed E-state index contributed by atoms with van der Waals surface area (Å²) in [6.07, 6.45) is 4.12. The number of hydrogen-bond acceptors (Lipinski definition) is 1. The van der Waals surface area contributed by atoms with E-state index in [2.05, 4.69) is 56.9 Å². The van der Waals surface area contributed by atoms with Crippen LogP contribution in [0.15, 0.2) is 24.3 Å². The summed E-state index contributed by atoms with van der Waals surface area (Å²) in [6, 6.07) is 9.83. The Morgan fingerprint density at radius 1 is 1.05 bits per heavy atom. The van der Waals surface area contributed by atoms with Crippen molar-refractivity contribution < 1.29 is 0 Å². The van der Waals surface area contributed by atoms with Crippen LogP contribution in [0.5, 0.6) is 0 Å². The molecule has 0 radical (unpaired) electrons. The third-order valence-corrected chi connectivity index (χ3v) is 4.74. The molecule has 0 aromatic heterocycles. The van der Waals surface area contributed by atoms with Crippen LogP contribution in [0.2, 0.25) is 0 Å². The summed E-state index contributed by atoms with van der Waals surface area (Å²) in [4.78, 5) is 2.72. The second-order valence-corrected chi connectivity index (χ2v) is 7.58. The van der Waals surface area contributed by atoms with Crippen LogP contribution in [0.3, 0.4) is 0 Å². The maximum Gasteiger partial charge on any atom is 0.0359 e. The van der Waals surface area contributed by atoms with Gasteiger partial charge in [0, 0.05) is 18.1 Å². The number of benzene rings is 1. The fraction of sp³-hybridized carbons (Fsp3) is 0.667. The Balaban J connectivity index is 1.96. The van der Waals surface area contributed by atoms with Gasteiger partial charge in [0.05, 0.1) is 0 Å². The molecule has 1 saturated carbocycles. The Kier molecular flexibility index (Phi) is 3.21. The number of likely N-dealkylation sites (tertiary alicyclic amines) is 1.